The number of carbonyl (C=O) groups is 1. The second kappa shape index (κ2) is 11.3. The van der Waals surface area contributed by atoms with E-state index in [1.807, 2.05) is 37.3 Å². The summed E-state index contributed by atoms with van der Waals surface area (Å²) < 4.78 is 24.4. The van der Waals surface area contributed by atoms with Gasteiger partial charge in [-0.2, -0.15) is 5.10 Å². The van der Waals surface area contributed by atoms with E-state index in [1.54, 1.807) is 31.4 Å². The van der Waals surface area contributed by atoms with E-state index in [0.29, 0.717) is 29.6 Å². The van der Waals surface area contributed by atoms with Gasteiger partial charge >= 0.3 is 5.91 Å². The third-order valence-electron chi connectivity index (χ3n) is 5.50. The lowest BCUT2D eigenvalue weighted by Gasteiger charge is -2.10. The fraction of sp³-hybridized carbons (Fsp3) is 0.214. The molecule has 0 bridgehead atoms. The molecule has 1 N–H and O–H groups in total. The molecule has 0 saturated carbocycles. The van der Waals surface area contributed by atoms with Crippen LogP contribution in [0.5, 0.6) is 17.2 Å². The number of aryl methyl sites for hydroxylation is 2. The third-order valence-corrected chi connectivity index (χ3v) is 5.50. The van der Waals surface area contributed by atoms with Crippen molar-refractivity contribution in [1.82, 2.24) is 9.99 Å². The molecule has 1 amide bonds. The lowest BCUT2D eigenvalue weighted by molar-refractivity contribution is 0.0923. The monoisotopic (exact) mass is 487 g/mol. The van der Waals surface area contributed by atoms with Gasteiger partial charge in [0.15, 0.2) is 17.3 Å². The fourth-order valence-electron chi connectivity index (χ4n) is 3.76. The number of hydrazone groups is 1. The van der Waals surface area contributed by atoms with Crippen LogP contribution in [0.15, 0.2) is 76.2 Å². The molecular weight excluding hydrogens is 458 g/mol. The number of furan rings is 1. The van der Waals surface area contributed by atoms with Crippen LogP contribution in [-0.4, -0.2) is 30.4 Å². The molecule has 0 atom stereocenters. The topological polar surface area (TPSA) is 87.2 Å². The third kappa shape index (κ3) is 5.78. The highest BCUT2D eigenvalue weighted by Crippen LogP contribution is 2.27. The molecule has 186 valence electrons. The largest absolute Gasteiger partial charge is 0.493 e. The zero-order chi connectivity index (χ0) is 25.5. The van der Waals surface area contributed by atoms with Crippen LogP contribution in [-0.2, 0) is 6.61 Å². The number of hydrogen-bond donors (Lipinski definition) is 1. The summed E-state index contributed by atoms with van der Waals surface area (Å²) >= 11 is 0. The summed E-state index contributed by atoms with van der Waals surface area (Å²) in [6.07, 6.45) is 1.52. The second-order valence-corrected chi connectivity index (χ2v) is 8.04. The van der Waals surface area contributed by atoms with E-state index in [1.165, 1.54) is 17.6 Å². The standard InChI is InChI=1S/C28H29N3O5/c1-5-34-25-14-8-21(16-27(25)33-4)17-29-30-28(32)26-15-13-24(36-26)18-35-23-11-9-22(10-12-23)31-19(2)6-7-20(31)3/h6-17H,5,18H2,1-4H3,(H,30,32)/b29-17+. The first kappa shape index (κ1) is 24.7. The normalized spacial score (nSPS) is 11.0. The quantitative estimate of drug-likeness (QED) is 0.238. The highest BCUT2D eigenvalue weighted by atomic mass is 16.5. The number of methoxy groups -OCH3 is 1. The molecule has 4 rings (SSSR count). The van der Waals surface area contributed by atoms with Crippen LogP contribution in [0.4, 0.5) is 0 Å². The van der Waals surface area contributed by atoms with Crippen LogP contribution in [0.25, 0.3) is 5.69 Å². The van der Waals surface area contributed by atoms with Gasteiger partial charge in [0.25, 0.3) is 0 Å². The molecule has 0 aliphatic heterocycles. The summed E-state index contributed by atoms with van der Waals surface area (Å²) in [6, 6.07) is 20.7. The SMILES string of the molecule is CCOc1ccc(/C=N/NC(=O)c2ccc(COc3ccc(-n4c(C)ccc4C)cc3)o2)cc1OC. The minimum absolute atomic E-state index is 0.143. The second-order valence-electron chi connectivity index (χ2n) is 8.04. The molecule has 8 heteroatoms. The van der Waals surface area contributed by atoms with Crippen molar-refractivity contribution in [3.8, 4) is 22.9 Å². The predicted molar refractivity (Wildman–Crippen MR) is 138 cm³/mol. The molecular formula is C28H29N3O5. The Kier molecular flexibility index (Phi) is 7.75. The Morgan fingerprint density at radius 2 is 1.72 bits per heavy atom. The predicted octanol–water partition coefficient (Wildman–Crippen LogP) is 5.44. The van der Waals surface area contributed by atoms with E-state index in [0.717, 1.165) is 11.3 Å². The van der Waals surface area contributed by atoms with E-state index < -0.39 is 5.91 Å². The smallest absolute Gasteiger partial charge is 0.307 e. The van der Waals surface area contributed by atoms with E-state index in [9.17, 15) is 4.79 Å². The molecule has 0 fully saturated rings. The van der Waals surface area contributed by atoms with Crippen molar-refractivity contribution >= 4 is 12.1 Å². The zero-order valence-corrected chi connectivity index (χ0v) is 20.8. The summed E-state index contributed by atoms with van der Waals surface area (Å²) in [6.45, 7) is 6.79. The van der Waals surface area contributed by atoms with Gasteiger partial charge in [-0.15, -0.1) is 0 Å². The summed E-state index contributed by atoms with van der Waals surface area (Å²) in [7, 11) is 1.57. The van der Waals surface area contributed by atoms with Gasteiger partial charge in [-0.25, -0.2) is 5.43 Å². The number of ether oxygens (including phenoxy) is 3. The van der Waals surface area contributed by atoms with Crippen LogP contribution in [0.2, 0.25) is 0 Å². The van der Waals surface area contributed by atoms with Crippen LogP contribution in [0.1, 0.15) is 40.2 Å². The summed E-state index contributed by atoms with van der Waals surface area (Å²) in [4.78, 5) is 12.4. The Hall–Kier alpha value is -4.46. The molecule has 8 nitrogen and oxygen atoms in total. The van der Waals surface area contributed by atoms with Gasteiger partial charge in [-0.05, 0) is 93.1 Å². The molecule has 0 aliphatic rings. The number of nitrogens with zero attached hydrogens (tertiary/aromatic N) is 2. The van der Waals surface area contributed by atoms with Gasteiger partial charge in [0.05, 0.1) is 19.9 Å². The zero-order valence-electron chi connectivity index (χ0n) is 20.8. The van der Waals surface area contributed by atoms with Crippen molar-refractivity contribution in [3.05, 3.63) is 95.2 Å². The number of carbonyl (C=O) groups excluding carboxylic acids is 1. The highest BCUT2D eigenvalue weighted by Gasteiger charge is 2.11. The molecule has 36 heavy (non-hydrogen) atoms. The molecule has 0 aliphatic carbocycles. The molecule has 0 spiro atoms. The Balaban J connectivity index is 1.30. The maximum Gasteiger partial charge on any atom is 0.307 e. The number of benzene rings is 2. The van der Waals surface area contributed by atoms with Gasteiger partial charge in [0.1, 0.15) is 18.1 Å². The van der Waals surface area contributed by atoms with E-state index in [2.05, 4.69) is 41.1 Å². The minimum Gasteiger partial charge on any atom is -0.493 e. The lowest BCUT2D eigenvalue weighted by Crippen LogP contribution is -2.16. The maximum absolute atomic E-state index is 12.4. The first-order valence-electron chi connectivity index (χ1n) is 11.6. The molecule has 2 heterocycles. The lowest BCUT2D eigenvalue weighted by atomic mass is 10.2. The minimum atomic E-state index is -0.461. The van der Waals surface area contributed by atoms with Gasteiger partial charge in [0.2, 0.25) is 0 Å². The summed E-state index contributed by atoms with van der Waals surface area (Å²) in [5, 5.41) is 4.00. The van der Waals surface area contributed by atoms with Gasteiger partial charge in [-0.3, -0.25) is 4.79 Å². The Morgan fingerprint density at radius 1 is 0.972 bits per heavy atom. The average Bonchev–Trinajstić information content (AvgIpc) is 3.50. The molecule has 0 unspecified atom stereocenters. The van der Waals surface area contributed by atoms with Crippen molar-refractivity contribution in [2.75, 3.05) is 13.7 Å². The van der Waals surface area contributed by atoms with Gasteiger partial charge in [-0.1, -0.05) is 0 Å². The molecule has 4 aromatic rings. The first-order valence-corrected chi connectivity index (χ1v) is 11.6. The summed E-state index contributed by atoms with van der Waals surface area (Å²) in [5.74, 6) is 2.16. The number of rotatable bonds is 10. The Labute approximate surface area is 210 Å². The Bertz CT molecular complexity index is 1330. The van der Waals surface area contributed by atoms with Crippen molar-refractivity contribution in [2.45, 2.75) is 27.4 Å². The summed E-state index contributed by atoms with van der Waals surface area (Å²) in [5.41, 5.74) is 6.63. The molecule has 2 aromatic heterocycles. The van der Waals surface area contributed by atoms with Crippen LogP contribution >= 0.6 is 0 Å². The van der Waals surface area contributed by atoms with Crippen molar-refractivity contribution in [3.63, 3.8) is 0 Å². The fourth-order valence-corrected chi connectivity index (χ4v) is 3.76. The van der Waals surface area contributed by atoms with Crippen molar-refractivity contribution < 1.29 is 23.4 Å². The number of aromatic nitrogens is 1. The van der Waals surface area contributed by atoms with Crippen LogP contribution < -0.4 is 19.6 Å². The molecule has 2 aromatic carbocycles. The van der Waals surface area contributed by atoms with Gasteiger partial charge in [0, 0.05) is 17.1 Å². The average molecular weight is 488 g/mol. The van der Waals surface area contributed by atoms with Crippen molar-refractivity contribution in [2.24, 2.45) is 5.10 Å². The molecule has 0 radical (unpaired) electrons. The van der Waals surface area contributed by atoms with E-state index in [4.69, 9.17) is 18.6 Å². The van der Waals surface area contributed by atoms with Crippen molar-refractivity contribution in [1.29, 1.82) is 0 Å². The van der Waals surface area contributed by atoms with E-state index in [-0.39, 0.29) is 12.4 Å². The number of nitrogens with one attached hydrogen (secondary N) is 1. The Morgan fingerprint density at radius 3 is 2.42 bits per heavy atom. The first-order chi connectivity index (χ1) is 17.5. The highest BCUT2D eigenvalue weighted by molar-refractivity contribution is 5.92. The van der Waals surface area contributed by atoms with Crippen LogP contribution in [0.3, 0.4) is 0 Å². The number of hydrogen-bond acceptors (Lipinski definition) is 6. The van der Waals surface area contributed by atoms with E-state index >= 15 is 0 Å². The van der Waals surface area contributed by atoms with Gasteiger partial charge < -0.3 is 23.2 Å². The molecule has 0 saturated heterocycles. The van der Waals surface area contributed by atoms with Crippen LogP contribution in [0, 0.1) is 13.8 Å². The maximum atomic E-state index is 12.4. The number of amides is 1.